The molecular formula is C21H20N2O4S. The molecule has 2 N–H and O–H groups in total. The molecule has 0 amide bonds. The van der Waals surface area contributed by atoms with Gasteiger partial charge in [-0.3, -0.25) is 14.2 Å². The van der Waals surface area contributed by atoms with Crippen molar-refractivity contribution in [2.24, 2.45) is 0 Å². The molecule has 0 atom stereocenters. The Morgan fingerprint density at radius 2 is 1.86 bits per heavy atom. The van der Waals surface area contributed by atoms with Crippen LogP contribution >= 0.6 is 11.8 Å². The number of carbonyl (C=O) groups is 1. The molecule has 6 nitrogen and oxygen atoms in total. The number of carbonyl (C=O) groups excluding carboxylic acids is 1. The van der Waals surface area contributed by atoms with E-state index in [0.29, 0.717) is 21.6 Å². The molecule has 0 saturated heterocycles. The highest BCUT2D eigenvalue weighted by Gasteiger charge is 2.23. The molecule has 28 heavy (non-hydrogen) atoms. The topological polar surface area (TPSA) is 92.4 Å². The van der Waals surface area contributed by atoms with Crippen LogP contribution in [-0.2, 0) is 0 Å². The Bertz CT molecular complexity index is 1100. The van der Waals surface area contributed by atoms with Crippen molar-refractivity contribution in [3.8, 4) is 11.5 Å². The molecule has 0 aliphatic heterocycles. The number of phenolic OH excluding ortho intramolecular Hbond substituents is 2. The second-order valence-corrected chi connectivity index (χ2v) is 7.88. The highest BCUT2D eigenvalue weighted by molar-refractivity contribution is 7.99. The van der Waals surface area contributed by atoms with Crippen LogP contribution in [0.15, 0.2) is 52.4 Å². The number of ketones is 1. The lowest BCUT2D eigenvalue weighted by Crippen LogP contribution is -2.26. The van der Waals surface area contributed by atoms with Crippen molar-refractivity contribution < 1.29 is 15.0 Å². The van der Waals surface area contributed by atoms with E-state index in [4.69, 9.17) is 0 Å². The molecule has 1 aliphatic carbocycles. The first-order valence-corrected chi connectivity index (χ1v) is 10.2. The van der Waals surface area contributed by atoms with Crippen LogP contribution in [0.2, 0.25) is 0 Å². The minimum Gasteiger partial charge on any atom is -0.504 e. The Morgan fingerprint density at radius 3 is 2.61 bits per heavy atom. The van der Waals surface area contributed by atoms with Crippen molar-refractivity contribution in [1.82, 2.24) is 9.55 Å². The molecule has 144 valence electrons. The normalized spacial score (nSPS) is 14.6. The van der Waals surface area contributed by atoms with E-state index < -0.39 is 0 Å². The fourth-order valence-corrected chi connectivity index (χ4v) is 4.58. The summed E-state index contributed by atoms with van der Waals surface area (Å²) in [5.41, 5.74) is 0.868. The third-order valence-corrected chi connectivity index (χ3v) is 6.05. The van der Waals surface area contributed by atoms with Gasteiger partial charge in [-0.05, 0) is 43.2 Å². The number of hydrogen-bond donors (Lipinski definition) is 2. The molecule has 0 radical (unpaired) electrons. The number of fused-ring (bicyclic) bond motifs is 1. The van der Waals surface area contributed by atoms with E-state index >= 15 is 0 Å². The van der Waals surface area contributed by atoms with Crippen molar-refractivity contribution in [3.63, 3.8) is 0 Å². The highest BCUT2D eigenvalue weighted by Crippen LogP contribution is 2.32. The van der Waals surface area contributed by atoms with Crippen molar-refractivity contribution in [2.75, 3.05) is 5.75 Å². The van der Waals surface area contributed by atoms with Crippen molar-refractivity contribution in [1.29, 1.82) is 0 Å². The molecule has 0 spiro atoms. The van der Waals surface area contributed by atoms with E-state index in [1.807, 2.05) is 12.1 Å². The second kappa shape index (κ2) is 7.67. The van der Waals surface area contributed by atoms with Gasteiger partial charge in [0.25, 0.3) is 5.56 Å². The van der Waals surface area contributed by atoms with Gasteiger partial charge in [0, 0.05) is 11.6 Å². The lowest BCUT2D eigenvalue weighted by atomic mass is 10.1. The van der Waals surface area contributed by atoms with Crippen LogP contribution in [0.1, 0.15) is 42.1 Å². The van der Waals surface area contributed by atoms with Crippen LogP contribution < -0.4 is 5.56 Å². The maximum Gasteiger partial charge on any atom is 0.262 e. The van der Waals surface area contributed by atoms with Crippen molar-refractivity contribution in [3.05, 3.63) is 58.4 Å². The van der Waals surface area contributed by atoms with Gasteiger partial charge in [0.05, 0.1) is 16.7 Å². The monoisotopic (exact) mass is 396 g/mol. The zero-order valence-corrected chi connectivity index (χ0v) is 16.0. The molecule has 4 rings (SSSR count). The molecular weight excluding hydrogens is 376 g/mol. The Balaban J connectivity index is 1.67. The largest absolute Gasteiger partial charge is 0.504 e. The van der Waals surface area contributed by atoms with E-state index in [9.17, 15) is 19.8 Å². The summed E-state index contributed by atoms with van der Waals surface area (Å²) in [7, 11) is 0. The fourth-order valence-electron chi connectivity index (χ4n) is 3.62. The first kappa shape index (κ1) is 18.6. The molecule has 1 aromatic heterocycles. The summed E-state index contributed by atoms with van der Waals surface area (Å²) in [4.78, 5) is 30.3. The summed E-state index contributed by atoms with van der Waals surface area (Å²) in [6.07, 6.45) is 4.04. The van der Waals surface area contributed by atoms with Crippen LogP contribution in [0, 0.1) is 0 Å². The van der Waals surface area contributed by atoms with Gasteiger partial charge in [0.15, 0.2) is 22.4 Å². The number of benzene rings is 2. The highest BCUT2D eigenvalue weighted by atomic mass is 32.2. The van der Waals surface area contributed by atoms with E-state index in [-0.39, 0.29) is 34.6 Å². The molecule has 1 fully saturated rings. The predicted octanol–water partition coefficient (Wildman–Crippen LogP) is 3.90. The third kappa shape index (κ3) is 3.49. The Kier molecular flexibility index (Phi) is 5.09. The molecule has 1 heterocycles. The van der Waals surface area contributed by atoms with Gasteiger partial charge < -0.3 is 10.2 Å². The zero-order valence-electron chi connectivity index (χ0n) is 15.2. The predicted molar refractivity (Wildman–Crippen MR) is 108 cm³/mol. The molecule has 3 aromatic rings. The third-order valence-electron chi connectivity index (χ3n) is 5.10. The zero-order chi connectivity index (χ0) is 19.7. The van der Waals surface area contributed by atoms with E-state index in [0.717, 1.165) is 25.7 Å². The Morgan fingerprint density at radius 1 is 1.11 bits per heavy atom. The number of phenols is 2. The Hall–Kier alpha value is -2.80. The molecule has 2 aromatic carbocycles. The lowest BCUT2D eigenvalue weighted by Gasteiger charge is -2.18. The van der Waals surface area contributed by atoms with Crippen LogP contribution in [0.3, 0.4) is 0 Å². The summed E-state index contributed by atoms with van der Waals surface area (Å²) >= 11 is 1.23. The summed E-state index contributed by atoms with van der Waals surface area (Å²) in [5, 5.41) is 20.2. The van der Waals surface area contributed by atoms with Crippen LogP contribution in [-0.4, -0.2) is 31.3 Å². The van der Waals surface area contributed by atoms with Gasteiger partial charge in [0.1, 0.15) is 0 Å². The maximum absolute atomic E-state index is 13.1. The van der Waals surface area contributed by atoms with Crippen molar-refractivity contribution in [2.45, 2.75) is 36.9 Å². The smallest absolute Gasteiger partial charge is 0.262 e. The van der Waals surface area contributed by atoms with Gasteiger partial charge >= 0.3 is 0 Å². The number of rotatable bonds is 5. The first-order valence-electron chi connectivity index (χ1n) is 9.24. The van der Waals surface area contributed by atoms with Crippen LogP contribution in [0.25, 0.3) is 10.9 Å². The van der Waals surface area contributed by atoms with E-state index in [1.165, 1.54) is 30.0 Å². The summed E-state index contributed by atoms with van der Waals surface area (Å²) < 4.78 is 1.75. The van der Waals surface area contributed by atoms with E-state index in [1.54, 1.807) is 16.7 Å². The van der Waals surface area contributed by atoms with Crippen LogP contribution in [0.5, 0.6) is 11.5 Å². The molecule has 1 aliphatic rings. The number of aromatic nitrogens is 2. The number of para-hydroxylation sites is 1. The summed E-state index contributed by atoms with van der Waals surface area (Å²) in [6.45, 7) is 0. The van der Waals surface area contributed by atoms with Gasteiger partial charge in [0.2, 0.25) is 0 Å². The SMILES string of the molecule is O=C(CSc1nc2ccccc2c(=O)n1C1CCCC1)c1ccc(O)c(O)c1. The van der Waals surface area contributed by atoms with Crippen LogP contribution in [0.4, 0.5) is 0 Å². The number of Topliss-reactive ketones (excluding diaryl/α,β-unsaturated/α-hetero) is 1. The molecule has 7 heteroatoms. The molecule has 1 saturated carbocycles. The quantitative estimate of drug-likeness (QED) is 0.294. The summed E-state index contributed by atoms with van der Waals surface area (Å²) in [5.74, 6) is -0.722. The lowest BCUT2D eigenvalue weighted by molar-refractivity contribution is 0.102. The first-order chi connectivity index (χ1) is 13.5. The number of aromatic hydroxyl groups is 2. The summed E-state index contributed by atoms with van der Waals surface area (Å²) in [6, 6.07) is 11.4. The Labute approximate surface area is 165 Å². The average Bonchev–Trinajstić information content (AvgIpc) is 3.22. The molecule has 0 bridgehead atoms. The number of thioether (sulfide) groups is 1. The minimum atomic E-state index is -0.331. The average molecular weight is 396 g/mol. The minimum absolute atomic E-state index is 0.0604. The fraction of sp³-hybridized carbons (Fsp3) is 0.286. The number of nitrogens with zero attached hydrogens (tertiary/aromatic N) is 2. The van der Waals surface area contributed by atoms with E-state index in [2.05, 4.69) is 4.98 Å². The standard InChI is InChI=1S/C21H20N2O4S/c24-17-10-9-13(11-18(17)25)19(26)12-28-21-22-16-8-4-3-7-15(16)20(27)23(21)14-5-1-2-6-14/h3-4,7-11,14,24-25H,1-2,5-6,12H2. The van der Waals surface area contributed by atoms with Gasteiger partial charge in [-0.1, -0.05) is 36.7 Å². The van der Waals surface area contributed by atoms with Gasteiger partial charge in [-0.25, -0.2) is 4.98 Å². The number of hydrogen-bond acceptors (Lipinski definition) is 6. The maximum atomic E-state index is 13.1. The molecule has 0 unspecified atom stereocenters. The second-order valence-electron chi connectivity index (χ2n) is 6.94. The van der Waals surface area contributed by atoms with Gasteiger partial charge in [-0.2, -0.15) is 0 Å². The van der Waals surface area contributed by atoms with Gasteiger partial charge in [-0.15, -0.1) is 0 Å². The van der Waals surface area contributed by atoms with Crippen molar-refractivity contribution >= 4 is 28.4 Å².